The van der Waals surface area contributed by atoms with Crippen LogP contribution in [0.25, 0.3) is 11.1 Å². The van der Waals surface area contributed by atoms with Crippen LogP contribution in [0.2, 0.25) is 0 Å². The highest BCUT2D eigenvalue weighted by Gasteiger charge is 2.02. The SMILES string of the molecule is CC(=CCOC(=O)OCC=C(C)c1ccccc1)c1ccccc1. The summed E-state index contributed by atoms with van der Waals surface area (Å²) in [5.41, 5.74) is 4.33. The molecule has 0 saturated heterocycles. The van der Waals surface area contributed by atoms with E-state index in [9.17, 15) is 4.79 Å². The van der Waals surface area contributed by atoms with Gasteiger partial charge < -0.3 is 9.47 Å². The van der Waals surface area contributed by atoms with E-state index in [-0.39, 0.29) is 13.2 Å². The van der Waals surface area contributed by atoms with E-state index in [0.717, 1.165) is 22.3 Å². The van der Waals surface area contributed by atoms with Gasteiger partial charge in [0.05, 0.1) is 0 Å². The van der Waals surface area contributed by atoms with Crippen molar-refractivity contribution in [2.45, 2.75) is 13.8 Å². The molecule has 0 aliphatic rings. The highest BCUT2D eigenvalue weighted by Crippen LogP contribution is 2.13. The second-order valence-corrected chi connectivity index (χ2v) is 5.38. The van der Waals surface area contributed by atoms with Gasteiger partial charge in [0.1, 0.15) is 13.2 Å². The lowest BCUT2D eigenvalue weighted by atomic mass is 10.1. The van der Waals surface area contributed by atoms with Crippen LogP contribution in [0.3, 0.4) is 0 Å². The lowest BCUT2D eigenvalue weighted by Gasteiger charge is -2.05. The Morgan fingerprint density at radius 2 is 1.12 bits per heavy atom. The van der Waals surface area contributed by atoms with Crippen molar-refractivity contribution in [3.8, 4) is 0 Å². The van der Waals surface area contributed by atoms with Crippen LogP contribution in [-0.2, 0) is 9.47 Å². The Bertz CT molecular complexity index is 639. The monoisotopic (exact) mass is 322 g/mol. The molecule has 0 aliphatic carbocycles. The van der Waals surface area contributed by atoms with Crippen LogP contribution < -0.4 is 0 Å². The van der Waals surface area contributed by atoms with Crippen molar-refractivity contribution in [2.24, 2.45) is 0 Å². The Morgan fingerprint density at radius 1 is 0.750 bits per heavy atom. The standard InChI is InChI=1S/C21H22O3/c1-17(19-9-5-3-6-10-19)13-15-23-21(22)24-16-14-18(2)20-11-7-4-8-12-20/h3-14H,15-16H2,1-2H3. The molecule has 3 nitrogen and oxygen atoms in total. The molecule has 0 amide bonds. The number of carbonyl (C=O) groups is 1. The van der Waals surface area contributed by atoms with Gasteiger partial charge in [0.25, 0.3) is 0 Å². The molecule has 2 aromatic carbocycles. The fourth-order valence-electron chi connectivity index (χ4n) is 2.15. The summed E-state index contributed by atoms with van der Waals surface area (Å²) in [6.07, 6.45) is 3.06. The van der Waals surface area contributed by atoms with Crippen molar-refractivity contribution in [1.82, 2.24) is 0 Å². The summed E-state index contributed by atoms with van der Waals surface area (Å²) in [5.74, 6) is 0. The van der Waals surface area contributed by atoms with Crippen LogP contribution in [0.1, 0.15) is 25.0 Å². The average Bonchev–Trinajstić information content (AvgIpc) is 2.63. The third-order valence-corrected chi connectivity index (χ3v) is 3.64. The molecule has 0 saturated carbocycles. The number of allylic oxidation sites excluding steroid dienone is 2. The van der Waals surface area contributed by atoms with Gasteiger partial charge in [-0.25, -0.2) is 4.79 Å². The topological polar surface area (TPSA) is 35.5 Å². The summed E-state index contributed by atoms with van der Waals surface area (Å²) >= 11 is 0. The minimum Gasteiger partial charge on any atom is -0.430 e. The van der Waals surface area contributed by atoms with Gasteiger partial charge in [-0.1, -0.05) is 60.7 Å². The summed E-state index contributed by atoms with van der Waals surface area (Å²) in [7, 11) is 0. The van der Waals surface area contributed by atoms with E-state index in [1.54, 1.807) is 0 Å². The zero-order valence-electron chi connectivity index (χ0n) is 14.1. The first-order chi connectivity index (χ1) is 11.7. The number of ether oxygens (including phenoxy) is 2. The highest BCUT2D eigenvalue weighted by molar-refractivity contribution is 5.66. The van der Waals surface area contributed by atoms with E-state index in [0.29, 0.717) is 0 Å². The van der Waals surface area contributed by atoms with Crippen molar-refractivity contribution in [3.05, 3.63) is 83.9 Å². The number of hydrogen-bond acceptors (Lipinski definition) is 3. The Kier molecular flexibility index (Phi) is 6.84. The Balaban J connectivity index is 1.74. The summed E-state index contributed by atoms with van der Waals surface area (Å²) < 4.78 is 10.1. The number of rotatable bonds is 6. The first kappa shape index (κ1) is 17.5. The molecule has 2 rings (SSSR count). The predicted octanol–water partition coefficient (Wildman–Crippen LogP) is 5.35. The fraction of sp³-hybridized carbons (Fsp3) is 0.190. The van der Waals surface area contributed by atoms with Crippen molar-refractivity contribution < 1.29 is 14.3 Å². The number of carbonyl (C=O) groups excluding carboxylic acids is 1. The summed E-state index contributed by atoms with van der Waals surface area (Å²) in [6.45, 7) is 4.36. The van der Waals surface area contributed by atoms with Crippen LogP contribution >= 0.6 is 0 Å². The molecule has 0 aromatic heterocycles. The third kappa shape index (κ3) is 5.76. The fourth-order valence-corrected chi connectivity index (χ4v) is 2.15. The minimum atomic E-state index is -0.663. The molecule has 0 unspecified atom stereocenters. The molecule has 3 heteroatoms. The van der Waals surface area contributed by atoms with E-state index in [2.05, 4.69) is 0 Å². The molecule has 0 N–H and O–H groups in total. The molecular formula is C21H22O3. The van der Waals surface area contributed by atoms with Gasteiger partial charge in [0, 0.05) is 0 Å². The van der Waals surface area contributed by atoms with Gasteiger partial charge in [-0.2, -0.15) is 0 Å². The van der Waals surface area contributed by atoms with Gasteiger partial charge in [-0.3, -0.25) is 0 Å². The second kappa shape index (κ2) is 9.36. The lowest BCUT2D eigenvalue weighted by Crippen LogP contribution is -2.07. The predicted molar refractivity (Wildman–Crippen MR) is 97.5 cm³/mol. The zero-order chi connectivity index (χ0) is 17.2. The van der Waals surface area contributed by atoms with Gasteiger partial charge in [0.15, 0.2) is 0 Å². The van der Waals surface area contributed by atoms with Crippen LogP contribution in [-0.4, -0.2) is 19.4 Å². The van der Waals surface area contributed by atoms with E-state index >= 15 is 0 Å². The molecule has 0 spiro atoms. The molecule has 0 radical (unpaired) electrons. The van der Waals surface area contributed by atoms with Crippen molar-refractivity contribution in [3.63, 3.8) is 0 Å². The average molecular weight is 322 g/mol. The first-order valence-electron chi connectivity index (χ1n) is 7.90. The maximum atomic E-state index is 11.6. The lowest BCUT2D eigenvalue weighted by molar-refractivity contribution is 0.0719. The summed E-state index contributed by atoms with van der Waals surface area (Å²) in [5, 5.41) is 0. The number of hydrogen-bond donors (Lipinski definition) is 0. The Morgan fingerprint density at radius 3 is 1.50 bits per heavy atom. The normalized spacial score (nSPS) is 11.9. The quantitative estimate of drug-likeness (QED) is 0.673. The van der Waals surface area contributed by atoms with Crippen LogP contribution in [0, 0.1) is 0 Å². The maximum Gasteiger partial charge on any atom is 0.508 e. The largest absolute Gasteiger partial charge is 0.508 e. The second-order valence-electron chi connectivity index (χ2n) is 5.38. The van der Waals surface area contributed by atoms with E-state index in [1.165, 1.54) is 0 Å². The zero-order valence-corrected chi connectivity index (χ0v) is 14.1. The maximum absolute atomic E-state index is 11.6. The van der Waals surface area contributed by atoms with Gasteiger partial charge in [-0.05, 0) is 48.3 Å². The van der Waals surface area contributed by atoms with Crippen LogP contribution in [0.15, 0.2) is 72.8 Å². The van der Waals surface area contributed by atoms with E-state index < -0.39 is 6.16 Å². The van der Waals surface area contributed by atoms with Crippen LogP contribution in [0.5, 0.6) is 0 Å². The smallest absolute Gasteiger partial charge is 0.430 e. The summed E-state index contributed by atoms with van der Waals surface area (Å²) in [6, 6.07) is 19.9. The minimum absolute atomic E-state index is 0.195. The number of benzene rings is 2. The Hall–Kier alpha value is -2.81. The summed E-state index contributed by atoms with van der Waals surface area (Å²) in [4.78, 5) is 11.6. The van der Waals surface area contributed by atoms with Gasteiger partial charge >= 0.3 is 6.16 Å². The molecule has 0 atom stereocenters. The third-order valence-electron chi connectivity index (χ3n) is 3.64. The molecule has 124 valence electrons. The molecule has 0 bridgehead atoms. The van der Waals surface area contributed by atoms with Crippen LogP contribution in [0.4, 0.5) is 4.79 Å². The molecule has 24 heavy (non-hydrogen) atoms. The van der Waals surface area contributed by atoms with E-state index in [4.69, 9.17) is 9.47 Å². The molecule has 0 fully saturated rings. The first-order valence-corrected chi connectivity index (χ1v) is 7.90. The Labute approximate surface area is 143 Å². The molecule has 0 aliphatic heterocycles. The van der Waals surface area contributed by atoms with Gasteiger partial charge in [0.2, 0.25) is 0 Å². The molecule has 2 aromatic rings. The van der Waals surface area contributed by atoms with Crippen molar-refractivity contribution in [2.75, 3.05) is 13.2 Å². The van der Waals surface area contributed by atoms with Crippen molar-refractivity contribution in [1.29, 1.82) is 0 Å². The van der Waals surface area contributed by atoms with Gasteiger partial charge in [-0.15, -0.1) is 0 Å². The van der Waals surface area contributed by atoms with Crippen molar-refractivity contribution >= 4 is 17.3 Å². The molecular weight excluding hydrogens is 300 g/mol. The molecule has 0 heterocycles. The van der Waals surface area contributed by atoms with E-state index in [1.807, 2.05) is 86.7 Å². The highest BCUT2D eigenvalue weighted by atomic mass is 16.7.